The van der Waals surface area contributed by atoms with Crippen LogP contribution in [-0.2, 0) is 6.42 Å². The second-order valence-electron chi connectivity index (χ2n) is 18.1. The number of hydrogen-bond donors (Lipinski definition) is 0. The first-order valence-electron chi connectivity index (χ1n) is 24.0. The number of benzene rings is 2. The lowest BCUT2D eigenvalue weighted by atomic mass is 9.89. The quantitative estimate of drug-likeness (QED) is 0.0830. The Morgan fingerprint density at radius 2 is 0.583 bits per heavy atom. The number of hydrogen-bond acceptors (Lipinski definition) is 0. The first-order valence-corrected chi connectivity index (χ1v) is 24.0. The summed E-state index contributed by atoms with van der Waals surface area (Å²) in [5.41, 5.74) is 19.4. The summed E-state index contributed by atoms with van der Waals surface area (Å²) in [6.45, 7) is 33.7. The van der Waals surface area contributed by atoms with Gasteiger partial charge in [0.05, 0.1) is 0 Å². The summed E-state index contributed by atoms with van der Waals surface area (Å²) in [5.74, 6) is 0. The van der Waals surface area contributed by atoms with Gasteiger partial charge in [-0.2, -0.15) is 0 Å². The Morgan fingerprint density at radius 3 is 0.867 bits per heavy atom. The molecule has 0 bridgehead atoms. The number of fused-ring (bicyclic) bond motifs is 1. The molecule has 332 valence electrons. The molecule has 0 radical (unpaired) electrons. The molecule has 60 heavy (non-hydrogen) atoms. The highest BCUT2D eigenvalue weighted by atomic mass is 14.2. The fourth-order valence-electron chi connectivity index (χ4n) is 7.82. The lowest BCUT2D eigenvalue weighted by Gasteiger charge is -2.16. The molecular weight excluding hydrogens is 721 g/mol. The van der Waals surface area contributed by atoms with Crippen LogP contribution in [0, 0.1) is 20.8 Å². The maximum absolute atomic E-state index is 2.47. The summed E-state index contributed by atoms with van der Waals surface area (Å²) in [7, 11) is 0. The number of aryl methyl sites for hydroxylation is 2. The predicted octanol–water partition coefficient (Wildman–Crippen LogP) is 20.1. The normalized spacial score (nSPS) is 13.8. The van der Waals surface area contributed by atoms with E-state index >= 15 is 0 Å². The minimum Gasteiger partial charge on any atom is -0.0856 e. The molecule has 0 aliphatic heterocycles. The van der Waals surface area contributed by atoms with Crippen molar-refractivity contribution < 1.29 is 0 Å². The second-order valence-corrected chi connectivity index (χ2v) is 18.1. The molecule has 0 aromatic heterocycles. The topological polar surface area (TPSA) is 0 Å². The third-order valence-corrected chi connectivity index (χ3v) is 12.2. The average Bonchev–Trinajstić information content (AvgIpc) is 3.20. The fraction of sp³-hybridized carbons (Fsp3) is 0.533. The van der Waals surface area contributed by atoms with Gasteiger partial charge in [-0.3, -0.25) is 0 Å². The standard InChI is InChI=1S/C58H86.C2H6/c1-44(2)24-16-25-45(3)26-17-27-46(4)28-18-29-47(5)30-19-31-48(6)32-20-33-49(7)34-21-35-50(8)36-22-37-51(9)38-23-39-52(10)42-43-56-53(11)54(12)57-40-14-15-41-58(57)55(56)13;1-2/h14-15,24,26,28,30,32,34,36,38,40-42H,16-23,25,27,29,31,33,35,37,39,43H2,1-13H3;1-2H3/b45-26+,46-28+,47-30+,48-32+,49-34+,50-36+,51-38+,52-42+;. The van der Waals surface area contributed by atoms with E-state index in [2.05, 4.69) is 169 Å². The van der Waals surface area contributed by atoms with Gasteiger partial charge in [0.15, 0.2) is 0 Å². The average molecular weight is 813 g/mol. The van der Waals surface area contributed by atoms with Gasteiger partial charge in [0.2, 0.25) is 0 Å². The summed E-state index contributed by atoms with van der Waals surface area (Å²) >= 11 is 0. The highest BCUT2D eigenvalue weighted by Gasteiger charge is 2.10. The molecule has 0 aliphatic rings. The van der Waals surface area contributed by atoms with Gasteiger partial charge in [-0.1, -0.05) is 143 Å². The highest BCUT2D eigenvalue weighted by Crippen LogP contribution is 2.30. The Hall–Kier alpha value is -3.64. The van der Waals surface area contributed by atoms with E-state index in [0.29, 0.717) is 0 Å². The van der Waals surface area contributed by atoms with Crippen LogP contribution in [0.4, 0.5) is 0 Å². The molecule has 0 amide bonds. The van der Waals surface area contributed by atoms with E-state index in [4.69, 9.17) is 0 Å². The molecule has 0 saturated carbocycles. The van der Waals surface area contributed by atoms with Gasteiger partial charge < -0.3 is 0 Å². The fourth-order valence-corrected chi connectivity index (χ4v) is 7.82. The monoisotopic (exact) mass is 813 g/mol. The van der Waals surface area contributed by atoms with Crippen LogP contribution >= 0.6 is 0 Å². The molecule has 0 heterocycles. The van der Waals surface area contributed by atoms with Gasteiger partial charge in [-0.15, -0.1) is 0 Å². The molecule has 0 aliphatic carbocycles. The molecule has 2 aromatic carbocycles. The zero-order valence-electron chi connectivity index (χ0n) is 42.0. The summed E-state index contributed by atoms with van der Waals surface area (Å²) in [6, 6.07) is 8.87. The molecule has 0 heteroatoms. The minimum absolute atomic E-state index is 1.03. The second kappa shape index (κ2) is 32.1. The van der Waals surface area contributed by atoms with Gasteiger partial charge >= 0.3 is 0 Å². The van der Waals surface area contributed by atoms with Gasteiger partial charge in [-0.05, 0) is 232 Å². The molecule has 0 fully saturated rings. The largest absolute Gasteiger partial charge is 0.0856 e. The van der Waals surface area contributed by atoms with Crippen molar-refractivity contribution in [1.82, 2.24) is 0 Å². The maximum Gasteiger partial charge on any atom is -0.00893 e. The molecule has 0 atom stereocenters. The van der Waals surface area contributed by atoms with E-state index < -0.39 is 0 Å². The van der Waals surface area contributed by atoms with E-state index in [1.165, 1.54) is 135 Å². The zero-order chi connectivity index (χ0) is 44.9. The van der Waals surface area contributed by atoms with Crippen LogP contribution < -0.4 is 0 Å². The Balaban J connectivity index is 0.00000886. The molecule has 0 spiro atoms. The van der Waals surface area contributed by atoms with Crippen LogP contribution in [0.5, 0.6) is 0 Å². The highest BCUT2D eigenvalue weighted by molar-refractivity contribution is 5.90. The zero-order valence-corrected chi connectivity index (χ0v) is 42.0. The van der Waals surface area contributed by atoms with E-state index in [1.54, 1.807) is 0 Å². The Labute approximate surface area is 373 Å². The van der Waals surface area contributed by atoms with Gasteiger partial charge in [-0.25, -0.2) is 0 Å². The van der Waals surface area contributed by atoms with Crippen molar-refractivity contribution in [2.24, 2.45) is 0 Å². The van der Waals surface area contributed by atoms with Crippen molar-refractivity contribution in [2.45, 2.75) is 213 Å². The molecule has 0 N–H and O–H groups in total. The van der Waals surface area contributed by atoms with Crippen LogP contribution in [0.25, 0.3) is 10.8 Å². The lowest BCUT2D eigenvalue weighted by molar-refractivity contribution is 0.880. The molecule has 0 nitrogen and oxygen atoms in total. The van der Waals surface area contributed by atoms with E-state index in [0.717, 1.165) is 57.8 Å². The van der Waals surface area contributed by atoms with Crippen molar-refractivity contribution in [1.29, 1.82) is 0 Å². The van der Waals surface area contributed by atoms with Gasteiger partial charge in [0.1, 0.15) is 0 Å². The van der Waals surface area contributed by atoms with E-state index in [-0.39, 0.29) is 0 Å². The SMILES string of the molecule is CC.CC(C)=CCC/C(C)=C/CC/C(C)=C/CC/C(C)=C/CC/C(C)=C/CC/C(C)=C/CC/C(C)=C/CC/C(C)=C/CC/C(C)=C/Cc1c(C)c(C)c2ccccc2c1C. The first-order chi connectivity index (χ1) is 28.7. The van der Waals surface area contributed by atoms with Crippen molar-refractivity contribution in [3.63, 3.8) is 0 Å². The predicted molar refractivity (Wildman–Crippen MR) is 277 cm³/mol. The molecular formula is C60H92. The van der Waals surface area contributed by atoms with Gasteiger partial charge in [0, 0.05) is 0 Å². The van der Waals surface area contributed by atoms with E-state index in [9.17, 15) is 0 Å². The number of allylic oxidation sites excluding steroid dienone is 18. The smallest absolute Gasteiger partial charge is 0.00893 e. The van der Waals surface area contributed by atoms with E-state index in [1.807, 2.05) is 13.8 Å². The molecule has 2 aromatic rings. The third-order valence-electron chi connectivity index (χ3n) is 12.2. The summed E-state index contributed by atoms with van der Waals surface area (Å²) in [5, 5.41) is 2.80. The number of rotatable bonds is 26. The molecule has 2 rings (SSSR count). The molecule has 0 unspecified atom stereocenters. The molecule has 0 saturated heterocycles. The van der Waals surface area contributed by atoms with Gasteiger partial charge in [0.25, 0.3) is 0 Å². The Morgan fingerprint density at radius 1 is 0.333 bits per heavy atom. The maximum atomic E-state index is 2.47. The van der Waals surface area contributed by atoms with Crippen molar-refractivity contribution in [2.75, 3.05) is 0 Å². The van der Waals surface area contributed by atoms with Crippen LogP contribution in [0.3, 0.4) is 0 Å². The first kappa shape index (κ1) is 54.4. The van der Waals surface area contributed by atoms with Crippen LogP contribution in [0.15, 0.2) is 129 Å². The van der Waals surface area contributed by atoms with Crippen LogP contribution in [0.1, 0.15) is 208 Å². The van der Waals surface area contributed by atoms with Crippen LogP contribution in [-0.4, -0.2) is 0 Å². The summed E-state index contributed by atoms with van der Waals surface area (Å²) in [4.78, 5) is 0. The van der Waals surface area contributed by atoms with Crippen molar-refractivity contribution in [3.05, 3.63) is 151 Å². The summed E-state index contributed by atoms with van der Waals surface area (Å²) in [6.07, 6.45) is 41.7. The third kappa shape index (κ3) is 24.0. The Kier molecular flexibility index (Phi) is 29.1. The Bertz CT molecular complexity index is 1840. The summed E-state index contributed by atoms with van der Waals surface area (Å²) < 4.78 is 0. The minimum atomic E-state index is 1.03. The van der Waals surface area contributed by atoms with Crippen LogP contribution in [0.2, 0.25) is 0 Å². The van der Waals surface area contributed by atoms with Crippen molar-refractivity contribution >= 4 is 10.8 Å². The lowest BCUT2D eigenvalue weighted by Crippen LogP contribution is -1.98. The van der Waals surface area contributed by atoms with Crippen molar-refractivity contribution in [3.8, 4) is 0 Å².